The van der Waals surface area contributed by atoms with Crippen molar-refractivity contribution in [1.29, 1.82) is 0 Å². The zero-order valence-corrected chi connectivity index (χ0v) is 22.4. The average molecular weight is 569 g/mol. The van der Waals surface area contributed by atoms with Crippen molar-refractivity contribution in [2.45, 2.75) is 25.7 Å². The van der Waals surface area contributed by atoms with Gasteiger partial charge in [0.15, 0.2) is 11.6 Å². The van der Waals surface area contributed by atoms with E-state index in [4.69, 9.17) is 10.2 Å². The Morgan fingerprint density at radius 2 is 0.929 bits per heavy atom. The Labute approximate surface area is 241 Å². The number of rotatable bonds is 14. The molecule has 0 radical (unpaired) electrons. The molecule has 3 aromatic carbocycles. The molecule has 0 bridgehead atoms. The predicted octanol–water partition coefficient (Wildman–Crippen LogP) is 5.09. The number of amides is 2. The van der Waals surface area contributed by atoms with Gasteiger partial charge in [0.2, 0.25) is 11.8 Å². The summed E-state index contributed by atoms with van der Waals surface area (Å²) in [5.74, 6) is -3.63. The summed E-state index contributed by atoms with van der Waals surface area (Å²) in [4.78, 5) is 70.2. The van der Waals surface area contributed by atoms with E-state index in [2.05, 4.69) is 10.6 Å². The normalized spacial score (nSPS) is 10.9. The largest absolute Gasteiger partial charge is 0.481 e. The quantitative estimate of drug-likeness (QED) is 0.154. The number of hydrogen-bond donors (Lipinski definition) is 4. The van der Waals surface area contributed by atoms with E-state index in [9.17, 15) is 28.8 Å². The lowest BCUT2D eigenvalue weighted by Crippen LogP contribution is -2.13. The van der Waals surface area contributed by atoms with Crippen molar-refractivity contribution in [3.63, 3.8) is 0 Å². The Morgan fingerprint density at radius 1 is 0.548 bits per heavy atom. The van der Waals surface area contributed by atoms with Crippen LogP contribution in [0.3, 0.4) is 0 Å². The number of ketones is 2. The lowest BCUT2D eigenvalue weighted by molar-refractivity contribution is -0.138. The Morgan fingerprint density at radius 3 is 1.29 bits per heavy atom. The van der Waals surface area contributed by atoms with Crippen molar-refractivity contribution in [3.05, 3.63) is 107 Å². The van der Waals surface area contributed by atoms with Crippen molar-refractivity contribution in [3.8, 4) is 0 Å². The zero-order valence-electron chi connectivity index (χ0n) is 22.4. The van der Waals surface area contributed by atoms with E-state index in [1.54, 1.807) is 72.8 Å². The summed E-state index contributed by atoms with van der Waals surface area (Å²) >= 11 is 0. The smallest absolute Gasteiger partial charge is 0.303 e. The fourth-order valence-corrected chi connectivity index (χ4v) is 3.64. The van der Waals surface area contributed by atoms with Crippen LogP contribution >= 0.6 is 0 Å². The number of hydrogen-bond acceptors (Lipinski definition) is 6. The van der Waals surface area contributed by atoms with E-state index in [1.165, 1.54) is 24.3 Å². The van der Waals surface area contributed by atoms with Crippen LogP contribution in [0.1, 0.15) is 57.5 Å². The van der Waals surface area contributed by atoms with Gasteiger partial charge in [0.1, 0.15) is 0 Å². The molecule has 0 unspecified atom stereocenters. The van der Waals surface area contributed by atoms with Gasteiger partial charge < -0.3 is 20.8 Å². The van der Waals surface area contributed by atoms with Crippen LogP contribution < -0.4 is 10.6 Å². The van der Waals surface area contributed by atoms with Crippen LogP contribution in [0, 0.1) is 0 Å². The van der Waals surface area contributed by atoms with E-state index in [0.29, 0.717) is 22.5 Å². The van der Waals surface area contributed by atoms with Gasteiger partial charge in [-0.05, 0) is 47.5 Å². The monoisotopic (exact) mass is 568 g/mol. The van der Waals surface area contributed by atoms with Gasteiger partial charge in [-0.1, -0.05) is 60.7 Å². The second-order valence-electron chi connectivity index (χ2n) is 9.11. The van der Waals surface area contributed by atoms with Crippen LogP contribution in [0.2, 0.25) is 0 Å². The van der Waals surface area contributed by atoms with Gasteiger partial charge in [-0.2, -0.15) is 0 Å². The molecule has 214 valence electrons. The molecule has 2 amide bonds. The number of nitrogens with one attached hydrogen (secondary N) is 2. The highest BCUT2D eigenvalue weighted by molar-refractivity contribution is 6.08. The molecule has 0 aliphatic rings. The van der Waals surface area contributed by atoms with Crippen LogP contribution in [0.5, 0.6) is 0 Å². The summed E-state index contributed by atoms with van der Waals surface area (Å²) in [6.45, 7) is 0. The van der Waals surface area contributed by atoms with Gasteiger partial charge in [0, 0.05) is 35.3 Å². The maximum Gasteiger partial charge on any atom is 0.303 e. The lowest BCUT2D eigenvalue weighted by Gasteiger charge is -2.05. The average Bonchev–Trinajstić information content (AvgIpc) is 2.97. The van der Waals surface area contributed by atoms with Gasteiger partial charge in [-0.25, -0.2) is 0 Å². The van der Waals surface area contributed by atoms with Gasteiger partial charge in [0.25, 0.3) is 0 Å². The van der Waals surface area contributed by atoms with Gasteiger partial charge in [0.05, 0.1) is 12.8 Å². The van der Waals surface area contributed by atoms with E-state index < -0.39 is 23.8 Å². The van der Waals surface area contributed by atoms with Crippen molar-refractivity contribution in [1.82, 2.24) is 0 Å². The Bertz CT molecular complexity index is 1440. The molecule has 0 saturated carbocycles. The molecule has 10 nitrogen and oxygen atoms in total. The third-order valence-corrected chi connectivity index (χ3v) is 5.78. The molecule has 42 heavy (non-hydrogen) atoms. The van der Waals surface area contributed by atoms with Crippen LogP contribution in [0.25, 0.3) is 12.2 Å². The maximum atomic E-state index is 12.6. The number of carbonyl (C=O) groups is 6. The van der Waals surface area contributed by atoms with Crippen LogP contribution in [0.15, 0.2) is 84.9 Å². The number of aliphatic carboxylic acids is 2. The number of anilines is 2. The third-order valence-electron chi connectivity index (χ3n) is 5.78. The molecule has 0 fully saturated rings. The fourth-order valence-electron chi connectivity index (χ4n) is 3.64. The number of carbonyl (C=O) groups excluding carboxylic acids is 4. The summed E-state index contributed by atoms with van der Waals surface area (Å²) in [5, 5.41) is 22.5. The lowest BCUT2D eigenvalue weighted by atomic mass is 10.1. The van der Waals surface area contributed by atoms with Gasteiger partial charge >= 0.3 is 11.9 Å². The van der Waals surface area contributed by atoms with E-state index in [0.717, 1.165) is 11.1 Å². The highest BCUT2D eigenvalue weighted by atomic mass is 16.4. The van der Waals surface area contributed by atoms with E-state index >= 15 is 0 Å². The molecule has 0 aliphatic carbocycles. The summed E-state index contributed by atoms with van der Waals surface area (Å²) in [6.07, 6.45) is 5.15. The molecule has 0 spiro atoms. The van der Waals surface area contributed by atoms with E-state index in [-0.39, 0.29) is 37.2 Å². The Balaban J connectivity index is 1.56. The molecule has 0 atom stereocenters. The standard InChI is InChI=1S/C32H28N2O8/c35-27(23-3-1-5-25(19-23)33-29(37)15-17-31(39)40)13-11-21-7-9-22(10-8-21)12-14-28(36)24-4-2-6-26(20-24)34-30(38)16-18-32(41)42/h1-14,19-20H,15-18H2,(H,33,37)(H,34,38)(H,39,40)(H,41,42). The maximum absolute atomic E-state index is 12.6. The van der Waals surface area contributed by atoms with Crippen molar-refractivity contribution < 1.29 is 39.0 Å². The third kappa shape index (κ3) is 10.5. The molecule has 4 N–H and O–H groups in total. The Kier molecular flexibility index (Phi) is 11.2. The number of carboxylic acids is 2. The summed E-state index contributed by atoms with van der Waals surface area (Å²) < 4.78 is 0. The SMILES string of the molecule is O=C(O)CCC(=O)Nc1cccc(C(=O)C=Cc2ccc(C=CC(=O)c3cccc(NC(=O)CCC(=O)O)c3)cc2)c1. The molecule has 3 rings (SSSR count). The second kappa shape index (κ2) is 15.2. The Hall–Kier alpha value is -5.64. The number of carboxylic acid groups (broad SMARTS) is 2. The minimum Gasteiger partial charge on any atom is -0.481 e. The van der Waals surface area contributed by atoms with Crippen molar-refractivity contribution in [2.75, 3.05) is 10.6 Å². The molecular weight excluding hydrogens is 540 g/mol. The molecule has 0 aromatic heterocycles. The van der Waals surface area contributed by atoms with Crippen molar-refractivity contribution >= 4 is 58.8 Å². The van der Waals surface area contributed by atoms with Crippen LogP contribution in [-0.4, -0.2) is 45.5 Å². The fraction of sp³-hybridized carbons (Fsp3) is 0.125. The summed E-state index contributed by atoms with van der Waals surface area (Å²) in [5.41, 5.74) is 2.98. The van der Waals surface area contributed by atoms with Gasteiger partial charge in [-0.3, -0.25) is 28.8 Å². The molecule has 0 aliphatic heterocycles. The molecular formula is C32H28N2O8. The highest BCUT2D eigenvalue weighted by Gasteiger charge is 2.09. The first-order chi connectivity index (χ1) is 20.1. The first-order valence-electron chi connectivity index (χ1n) is 12.9. The molecule has 3 aromatic rings. The van der Waals surface area contributed by atoms with E-state index in [1.807, 2.05) is 0 Å². The number of allylic oxidation sites excluding steroid dienone is 2. The minimum atomic E-state index is -1.07. The molecule has 10 heteroatoms. The number of benzene rings is 3. The zero-order chi connectivity index (χ0) is 30.5. The minimum absolute atomic E-state index is 0.169. The van der Waals surface area contributed by atoms with Crippen LogP contribution in [-0.2, 0) is 19.2 Å². The van der Waals surface area contributed by atoms with Crippen molar-refractivity contribution in [2.24, 2.45) is 0 Å². The summed E-state index contributed by atoms with van der Waals surface area (Å²) in [6, 6.07) is 19.8. The molecule has 0 heterocycles. The predicted molar refractivity (Wildman–Crippen MR) is 157 cm³/mol. The summed E-state index contributed by atoms with van der Waals surface area (Å²) in [7, 11) is 0. The molecule has 0 saturated heterocycles. The topological polar surface area (TPSA) is 167 Å². The van der Waals surface area contributed by atoms with Gasteiger partial charge in [-0.15, -0.1) is 0 Å². The highest BCUT2D eigenvalue weighted by Crippen LogP contribution is 2.16. The first-order valence-corrected chi connectivity index (χ1v) is 12.9. The second-order valence-corrected chi connectivity index (χ2v) is 9.11. The first kappa shape index (κ1) is 30.9. The van der Waals surface area contributed by atoms with Crippen LogP contribution in [0.4, 0.5) is 11.4 Å².